The summed E-state index contributed by atoms with van der Waals surface area (Å²) in [5.74, 6) is -0.865. The number of halogens is 2. The van der Waals surface area contributed by atoms with E-state index in [2.05, 4.69) is 5.32 Å². The predicted molar refractivity (Wildman–Crippen MR) is 162 cm³/mol. The van der Waals surface area contributed by atoms with Crippen LogP contribution >= 0.6 is 23.2 Å². The van der Waals surface area contributed by atoms with Gasteiger partial charge in [-0.15, -0.1) is 0 Å². The summed E-state index contributed by atoms with van der Waals surface area (Å²) in [5.41, 5.74) is 2.54. The number of unbranched alkanes of at least 4 members (excludes halogenated alkanes) is 1. The second kappa shape index (κ2) is 14.5. The van der Waals surface area contributed by atoms with E-state index in [4.69, 9.17) is 23.2 Å². The summed E-state index contributed by atoms with van der Waals surface area (Å²) in [4.78, 5) is 29.1. The third-order valence-electron chi connectivity index (χ3n) is 6.52. The van der Waals surface area contributed by atoms with Gasteiger partial charge in [0.25, 0.3) is 0 Å². The number of benzene rings is 3. The van der Waals surface area contributed by atoms with E-state index >= 15 is 0 Å². The van der Waals surface area contributed by atoms with Crippen LogP contribution in [0.25, 0.3) is 0 Å². The topological polar surface area (TPSA) is 86.8 Å². The van der Waals surface area contributed by atoms with Crippen molar-refractivity contribution in [3.63, 3.8) is 0 Å². The summed E-state index contributed by atoms with van der Waals surface area (Å²) in [6, 6.07) is 20.4. The zero-order valence-corrected chi connectivity index (χ0v) is 25.3. The van der Waals surface area contributed by atoms with Crippen molar-refractivity contribution in [1.82, 2.24) is 10.2 Å². The number of hydrogen-bond acceptors (Lipinski definition) is 4. The van der Waals surface area contributed by atoms with Crippen LogP contribution in [0.5, 0.6) is 0 Å². The van der Waals surface area contributed by atoms with Crippen LogP contribution in [0.2, 0.25) is 10.0 Å². The van der Waals surface area contributed by atoms with E-state index in [-0.39, 0.29) is 24.6 Å². The van der Waals surface area contributed by atoms with Gasteiger partial charge in [-0.25, -0.2) is 8.42 Å². The fraction of sp³-hybridized carbons (Fsp3) is 0.333. The summed E-state index contributed by atoms with van der Waals surface area (Å²) in [6.07, 6.45) is 2.96. The fourth-order valence-electron chi connectivity index (χ4n) is 4.22. The molecule has 0 aliphatic heterocycles. The number of aryl methyl sites for hydroxylation is 1. The van der Waals surface area contributed by atoms with Crippen LogP contribution in [-0.4, -0.2) is 50.5 Å². The van der Waals surface area contributed by atoms with Crippen molar-refractivity contribution in [2.45, 2.75) is 45.7 Å². The van der Waals surface area contributed by atoms with Crippen LogP contribution < -0.4 is 9.62 Å². The normalized spacial score (nSPS) is 12.0. The fourth-order valence-corrected chi connectivity index (χ4v) is 5.43. The number of carbonyl (C=O) groups excluding carboxylic acids is 2. The van der Waals surface area contributed by atoms with Crippen LogP contribution in [0.4, 0.5) is 5.69 Å². The number of rotatable bonds is 13. The average Bonchev–Trinajstić information content (AvgIpc) is 2.91. The van der Waals surface area contributed by atoms with Gasteiger partial charge in [0.1, 0.15) is 12.6 Å². The lowest BCUT2D eigenvalue weighted by molar-refractivity contribution is -0.140. The first-order valence-electron chi connectivity index (χ1n) is 13.1. The number of carbonyl (C=O) groups is 2. The van der Waals surface area contributed by atoms with Crippen molar-refractivity contribution in [3.8, 4) is 0 Å². The van der Waals surface area contributed by atoms with Gasteiger partial charge in [-0.2, -0.15) is 0 Å². The van der Waals surface area contributed by atoms with Crippen molar-refractivity contribution < 1.29 is 18.0 Å². The summed E-state index contributed by atoms with van der Waals surface area (Å²) < 4.78 is 26.8. The lowest BCUT2D eigenvalue weighted by Crippen LogP contribution is -2.53. The number of anilines is 1. The lowest BCUT2D eigenvalue weighted by atomic mass is 10.0. The molecule has 0 bridgehead atoms. The molecular weight excluding hydrogens is 569 g/mol. The minimum Gasteiger partial charge on any atom is -0.354 e. The molecule has 0 unspecified atom stereocenters. The standard InChI is InChI=1S/C30H35Cl2N3O4S/c1-4-5-17-33-30(37)28(18-23-11-7-6-8-12-23)34(20-24-13-9-10-14-26(24)31)29(36)21-35(40(3,38)39)25-16-15-22(2)27(32)19-25/h6-16,19,28H,4-5,17-18,20-21H2,1-3H3,(H,33,37)/t28-/m0/s1. The Morgan fingerprint density at radius 3 is 2.25 bits per heavy atom. The van der Waals surface area contributed by atoms with Gasteiger partial charge in [-0.3, -0.25) is 13.9 Å². The van der Waals surface area contributed by atoms with Gasteiger partial charge in [-0.05, 0) is 48.2 Å². The molecule has 3 aromatic carbocycles. The van der Waals surface area contributed by atoms with E-state index in [0.717, 1.165) is 34.5 Å². The average molecular weight is 605 g/mol. The SMILES string of the molecule is CCCCNC(=O)[C@H](Cc1ccccc1)N(Cc1ccccc1Cl)C(=O)CN(c1ccc(C)c(Cl)c1)S(C)(=O)=O. The van der Waals surface area contributed by atoms with E-state index in [1.165, 1.54) is 11.0 Å². The van der Waals surface area contributed by atoms with E-state index in [0.29, 0.717) is 22.2 Å². The van der Waals surface area contributed by atoms with Crippen LogP contribution in [0.15, 0.2) is 72.8 Å². The van der Waals surface area contributed by atoms with Gasteiger partial charge in [-0.1, -0.05) is 91.1 Å². The van der Waals surface area contributed by atoms with Gasteiger partial charge < -0.3 is 10.2 Å². The Hall–Kier alpha value is -3.07. The van der Waals surface area contributed by atoms with Gasteiger partial charge >= 0.3 is 0 Å². The maximum atomic E-state index is 14.1. The van der Waals surface area contributed by atoms with Crippen molar-refractivity contribution in [1.29, 1.82) is 0 Å². The molecule has 0 aliphatic rings. The monoisotopic (exact) mass is 603 g/mol. The molecule has 3 aromatic rings. The Bertz CT molecular complexity index is 1420. The highest BCUT2D eigenvalue weighted by atomic mass is 35.5. The molecule has 40 heavy (non-hydrogen) atoms. The predicted octanol–water partition coefficient (Wildman–Crippen LogP) is 5.62. The molecule has 0 aromatic heterocycles. The second-order valence-corrected chi connectivity index (χ2v) is 12.4. The molecule has 0 saturated carbocycles. The first kappa shape index (κ1) is 31.5. The van der Waals surface area contributed by atoms with Crippen LogP contribution in [0.1, 0.15) is 36.5 Å². The van der Waals surface area contributed by atoms with Crippen molar-refractivity contribution in [2.24, 2.45) is 0 Å². The van der Waals surface area contributed by atoms with Crippen molar-refractivity contribution >= 4 is 50.7 Å². The summed E-state index contributed by atoms with van der Waals surface area (Å²) in [6.45, 7) is 3.79. The van der Waals surface area contributed by atoms with E-state index in [1.54, 1.807) is 43.3 Å². The Morgan fingerprint density at radius 2 is 1.62 bits per heavy atom. The van der Waals surface area contributed by atoms with Crippen LogP contribution in [0, 0.1) is 6.92 Å². The number of nitrogens with zero attached hydrogens (tertiary/aromatic N) is 2. The zero-order valence-electron chi connectivity index (χ0n) is 22.9. The molecular formula is C30H35Cl2N3O4S. The van der Waals surface area contributed by atoms with E-state index in [1.807, 2.05) is 37.3 Å². The summed E-state index contributed by atoms with van der Waals surface area (Å²) in [7, 11) is -3.88. The quantitative estimate of drug-likeness (QED) is 0.257. The molecule has 2 amide bonds. The van der Waals surface area contributed by atoms with Gasteiger partial charge in [0.15, 0.2) is 0 Å². The van der Waals surface area contributed by atoms with Crippen molar-refractivity contribution in [3.05, 3.63) is 99.5 Å². The molecule has 0 aliphatic carbocycles. The highest BCUT2D eigenvalue weighted by Crippen LogP contribution is 2.26. The van der Waals surface area contributed by atoms with Gasteiger partial charge in [0, 0.05) is 29.6 Å². The molecule has 0 spiro atoms. The Balaban J connectivity index is 2.05. The molecule has 214 valence electrons. The minimum absolute atomic E-state index is 0.0173. The lowest BCUT2D eigenvalue weighted by Gasteiger charge is -2.33. The van der Waals surface area contributed by atoms with E-state index < -0.39 is 28.5 Å². The molecule has 3 rings (SSSR count). The van der Waals surface area contributed by atoms with Crippen molar-refractivity contribution in [2.75, 3.05) is 23.7 Å². The number of nitrogens with one attached hydrogen (secondary N) is 1. The Kier molecular flexibility index (Phi) is 11.4. The van der Waals surface area contributed by atoms with E-state index in [9.17, 15) is 18.0 Å². The maximum Gasteiger partial charge on any atom is 0.244 e. The molecule has 0 heterocycles. The Morgan fingerprint density at radius 1 is 0.950 bits per heavy atom. The first-order chi connectivity index (χ1) is 19.0. The highest BCUT2D eigenvalue weighted by Gasteiger charge is 2.33. The molecule has 0 fully saturated rings. The van der Waals surface area contributed by atoms with Crippen LogP contribution in [-0.2, 0) is 32.6 Å². The number of amides is 2. The first-order valence-corrected chi connectivity index (χ1v) is 15.7. The smallest absolute Gasteiger partial charge is 0.244 e. The molecule has 1 N–H and O–H groups in total. The number of hydrogen-bond donors (Lipinski definition) is 1. The summed E-state index contributed by atoms with van der Waals surface area (Å²) >= 11 is 12.8. The highest BCUT2D eigenvalue weighted by molar-refractivity contribution is 7.92. The minimum atomic E-state index is -3.88. The third-order valence-corrected chi connectivity index (χ3v) is 8.44. The molecule has 1 atom stereocenters. The summed E-state index contributed by atoms with van der Waals surface area (Å²) in [5, 5.41) is 3.77. The molecule has 10 heteroatoms. The molecule has 0 radical (unpaired) electrons. The second-order valence-electron chi connectivity index (χ2n) is 9.67. The van der Waals surface area contributed by atoms with Crippen LogP contribution in [0.3, 0.4) is 0 Å². The number of sulfonamides is 1. The molecule has 7 nitrogen and oxygen atoms in total. The van der Waals surface area contributed by atoms with Gasteiger partial charge in [0.2, 0.25) is 21.8 Å². The maximum absolute atomic E-state index is 14.1. The van der Waals surface area contributed by atoms with Gasteiger partial charge in [0.05, 0.1) is 11.9 Å². The molecule has 0 saturated heterocycles. The largest absolute Gasteiger partial charge is 0.354 e. The zero-order chi connectivity index (χ0) is 29.3. The Labute approximate surface area is 247 Å². The third kappa shape index (κ3) is 8.71.